The topological polar surface area (TPSA) is 101 Å². The molecule has 1 aromatic heterocycles. The summed E-state index contributed by atoms with van der Waals surface area (Å²) in [4.78, 5) is 19.9. The Morgan fingerprint density at radius 1 is 1.22 bits per heavy atom. The van der Waals surface area contributed by atoms with E-state index in [4.69, 9.17) is 4.74 Å². The second-order valence-corrected chi connectivity index (χ2v) is 11.0. The zero-order valence-corrected chi connectivity index (χ0v) is 19.1. The summed E-state index contributed by atoms with van der Waals surface area (Å²) in [5, 5.41) is 3.29. The quantitative estimate of drug-likeness (QED) is 0.704. The van der Waals surface area contributed by atoms with Crippen molar-refractivity contribution in [1.82, 2.24) is 4.98 Å². The number of amidine groups is 1. The number of fused-ring (bicyclic) bond motifs is 3. The van der Waals surface area contributed by atoms with Gasteiger partial charge in [-0.1, -0.05) is 19.3 Å². The number of carbonyl (C=O) groups excluding carboxylic acids is 1. The lowest BCUT2D eigenvalue weighted by Crippen LogP contribution is -2.35. The zero-order chi connectivity index (χ0) is 22.1. The fourth-order valence-electron chi connectivity index (χ4n) is 4.21. The smallest absolute Gasteiger partial charge is 0.257 e. The van der Waals surface area contributed by atoms with E-state index in [1.807, 2.05) is 17.0 Å². The first kappa shape index (κ1) is 21.3. The number of hydrogen-bond acceptors (Lipinski definition) is 7. The summed E-state index contributed by atoms with van der Waals surface area (Å²) in [5.41, 5.74) is 1.33. The maximum atomic E-state index is 12.9. The van der Waals surface area contributed by atoms with E-state index in [0.717, 1.165) is 10.6 Å². The van der Waals surface area contributed by atoms with Gasteiger partial charge in [-0.2, -0.15) is 0 Å². The molecule has 1 aliphatic carbocycles. The van der Waals surface area contributed by atoms with Gasteiger partial charge in [-0.3, -0.25) is 4.79 Å². The molecule has 3 heterocycles. The van der Waals surface area contributed by atoms with Gasteiger partial charge >= 0.3 is 0 Å². The second-order valence-electron chi connectivity index (χ2n) is 8.22. The van der Waals surface area contributed by atoms with Crippen molar-refractivity contribution in [2.45, 2.75) is 37.0 Å². The average Bonchev–Trinajstić information content (AvgIpc) is 3.14. The highest BCUT2D eigenvalue weighted by atomic mass is 32.2. The number of aromatic nitrogens is 1. The lowest BCUT2D eigenvalue weighted by Gasteiger charge is -2.22. The minimum absolute atomic E-state index is 0.0119. The molecule has 1 fully saturated rings. The summed E-state index contributed by atoms with van der Waals surface area (Å²) in [7, 11) is -3.42. The predicted octanol–water partition coefficient (Wildman–Crippen LogP) is 3.90. The summed E-state index contributed by atoms with van der Waals surface area (Å²) in [6.45, 7) is 0.993. The number of nitrogens with one attached hydrogen (secondary N) is 1. The molecule has 2 aromatic rings. The Morgan fingerprint density at radius 2 is 2.06 bits per heavy atom. The third kappa shape index (κ3) is 4.47. The van der Waals surface area contributed by atoms with Crippen LogP contribution in [0.15, 0.2) is 45.8 Å². The second kappa shape index (κ2) is 8.74. The molecule has 1 aromatic carbocycles. The molecule has 1 N–H and O–H groups in total. The van der Waals surface area contributed by atoms with Gasteiger partial charge in [-0.15, -0.1) is 4.40 Å². The zero-order valence-electron chi connectivity index (χ0n) is 17.5. The molecule has 0 atom stereocenters. The Labute approximate surface area is 191 Å². The number of carbonyl (C=O) groups is 1. The van der Waals surface area contributed by atoms with E-state index in [1.54, 1.807) is 24.4 Å². The van der Waals surface area contributed by atoms with E-state index in [1.165, 1.54) is 43.9 Å². The minimum atomic E-state index is -3.42. The Hall–Kier alpha value is -2.59. The number of amides is 1. The van der Waals surface area contributed by atoms with Crippen molar-refractivity contribution in [2.24, 2.45) is 10.3 Å². The van der Waals surface area contributed by atoms with Gasteiger partial charge in [0.2, 0.25) is 0 Å². The Balaban J connectivity index is 1.30. The molecule has 1 saturated carbocycles. The molecule has 0 spiro atoms. The van der Waals surface area contributed by atoms with Crippen molar-refractivity contribution >= 4 is 44.4 Å². The molecule has 0 unspecified atom stereocenters. The number of rotatable bonds is 5. The van der Waals surface area contributed by atoms with E-state index in [0.29, 0.717) is 41.4 Å². The molecule has 5 rings (SSSR count). The number of nitrogens with zero attached hydrogens (tertiary/aromatic N) is 3. The molecule has 32 heavy (non-hydrogen) atoms. The van der Waals surface area contributed by atoms with Gasteiger partial charge < -0.3 is 15.0 Å². The van der Waals surface area contributed by atoms with Crippen molar-refractivity contribution in [1.29, 1.82) is 0 Å². The molecule has 0 bridgehead atoms. The van der Waals surface area contributed by atoms with Crippen LogP contribution in [0.3, 0.4) is 0 Å². The number of anilines is 2. The molecule has 1 amide bonds. The van der Waals surface area contributed by atoms with Gasteiger partial charge in [0.05, 0.1) is 18.0 Å². The molecule has 2 aliphatic heterocycles. The molecular formula is C22H24N4O4S2. The van der Waals surface area contributed by atoms with Crippen LogP contribution in [0.25, 0.3) is 0 Å². The third-order valence-corrected chi connectivity index (χ3v) is 8.24. The van der Waals surface area contributed by atoms with E-state index in [9.17, 15) is 13.2 Å². The molecule has 8 nitrogen and oxygen atoms in total. The largest absolute Gasteiger partial charge is 0.489 e. The Bertz CT molecular complexity index is 1180. The molecular weight excluding hydrogens is 448 g/mol. The minimum Gasteiger partial charge on any atom is -0.489 e. The van der Waals surface area contributed by atoms with Crippen LogP contribution in [-0.4, -0.2) is 43.4 Å². The normalized spacial score (nSPS) is 19.6. The van der Waals surface area contributed by atoms with Crippen molar-refractivity contribution < 1.29 is 17.9 Å². The summed E-state index contributed by atoms with van der Waals surface area (Å²) >= 11 is 1.26. The van der Waals surface area contributed by atoms with Crippen molar-refractivity contribution in [2.75, 3.05) is 29.1 Å². The van der Waals surface area contributed by atoms with Crippen LogP contribution < -0.4 is 15.0 Å². The fourth-order valence-corrected chi connectivity index (χ4v) is 6.51. The summed E-state index contributed by atoms with van der Waals surface area (Å²) in [6, 6.07) is 8.93. The van der Waals surface area contributed by atoms with Crippen LogP contribution in [0.4, 0.5) is 11.5 Å². The van der Waals surface area contributed by atoms with E-state index >= 15 is 0 Å². The van der Waals surface area contributed by atoms with Gasteiger partial charge in [-0.25, -0.2) is 13.4 Å². The molecule has 0 saturated heterocycles. The standard InChI is InChI=1S/C22H24N4O4S2/c27-21(24-20-18(7-4-10-23-20)30-14-15-5-2-1-3-6-15)16-8-9-17-19(13-16)31-22-25-32(28,29)12-11-26(17)22/h4,7-10,13,15H,1-3,5-6,11-12,14H2,(H,23,24,27). The Morgan fingerprint density at radius 3 is 2.91 bits per heavy atom. The van der Waals surface area contributed by atoms with Crippen LogP contribution >= 0.6 is 11.8 Å². The maximum Gasteiger partial charge on any atom is 0.257 e. The molecule has 3 aliphatic rings. The van der Waals surface area contributed by atoms with Crippen LogP contribution in [0.2, 0.25) is 0 Å². The van der Waals surface area contributed by atoms with Crippen LogP contribution in [-0.2, 0) is 10.0 Å². The SMILES string of the molecule is O=C(Nc1ncccc1OCC1CCCCC1)c1ccc2c(c1)SC1=NS(=O)(=O)CCN12. The summed E-state index contributed by atoms with van der Waals surface area (Å²) < 4.78 is 33.5. The monoisotopic (exact) mass is 472 g/mol. The van der Waals surface area contributed by atoms with Gasteiger partial charge in [-0.05, 0) is 60.9 Å². The third-order valence-electron chi connectivity index (χ3n) is 5.94. The van der Waals surface area contributed by atoms with E-state index < -0.39 is 10.0 Å². The van der Waals surface area contributed by atoms with Gasteiger partial charge in [0.1, 0.15) is 0 Å². The molecule has 0 radical (unpaired) electrons. The fraction of sp³-hybridized carbons (Fsp3) is 0.409. The lowest BCUT2D eigenvalue weighted by atomic mass is 9.90. The average molecular weight is 473 g/mol. The van der Waals surface area contributed by atoms with Crippen molar-refractivity contribution in [3.63, 3.8) is 0 Å². The highest BCUT2D eigenvalue weighted by Gasteiger charge is 2.33. The van der Waals surface area contributed by atoms with E-state index in [2.05, 4.69) is 14.7 Å². The number of ether oxygens (including phenoxy) is 1. The van der Waals surface area contributed by atoms with Crippen molar-refractivity contribution in [3.8, 4) is 5.75 Å². The number of benzene rings is 1. The maximum absolute atomic E-state index is 12.9. The first-order valence-corrected chi connectivity index (χ1v) is 13.2. The number of thioether (sulfide) groups is 1. The van der Waals surface area contributed by atoms with Crippen LogP contribution in [0, 0.1) is 5.92 Å². The summed E-state index contributed by atoms with van der Waals surface area (Å²) in [6.07, 6.45) is 7.77. The lowest BCUT2D eigenvalue weighted by molar-refractivity contribution is 0.102. The number of sulfonamides is 1. The number of hydrogen-bond donors (Lipinski definition) is 1. The molecule has 168 valence electrons. The first-order valence-electron chi connectivity index (χ1n) is 10.8. The van der Waals surface area contributed by atoms with Crippen molar-refractivity contribution in [3.05, 3.63) is 42.1 Å². The van der Waals surface area contributed by atoms with Crippen LogP contribution in [0.5, 0.6) is 5.75 Å². The van der Waals surface area contributed by atoms with E-state index in [-0.39, 0.29) is 11.7 Å². The highest BCUT2D eigenvalue weighted by molar-refractivity contribution is 8.15. The molecule has 10 heteroatoms. The summed E-state index contributed by atoms with van der Waals surface area (Å²) in [5.74, 6) is 1.20. The highest BCUT2D eigenvalue weighted by Crippen LogP contribution is 2.42. The number of pyridine rings is 1. The van der Waals surface area contributed by atoms with Crippen LogP contribution in [0.1, 0.15) is 42.5 Å². The predicted molar refractivity (Wildman–Crippen MR) is 125 cm³/mol. The Kier molecular flexibility index (Phi) is 5.81. The first-order chi connectivity index (χ1) is 15.5. The van der Waals surface area contributed by atoms with Gasteiger partial charge in [0.25, 0.3) is 15.9 Å². The van der Waals surface area contributed by atoms with Gasteiger partial charge in [0.15, 0.2) is 16.7 Å². The van der Waals surface area contributed by atoms with Gasteiger partial charge in [0, 0.05) is 23.2 Å².